The number of H-pyrrole nitrogens is 1. The molecule has 2 aromatic rings. The van der Waals surface area contributed by atoms with Crippen molar-refractivity contribution in [1.29, 1.82) is 0 Å². The first-order valence-corrected chi connectivity index (χ1v) is 7.98. The maximum atomic E-state index is 12.6. The van der Waals surface area contributed by atoms with Crippen LogP contribution in [0.3, 0.4) is 0 Å². The van der Waals surface area contributed by atoms with Crippen LogP contribution in [0.25, 0.3) is 0 Å². The van der Waals surface area contributed by atoms with Crippen LogP contribution in [0.5, 0.6) is 0 Å². The van der Waals surface area contributed by atoms with Crippen LogP contribution in [0.4, 0.5) is 5.82 Å². The highest BCUT2D eigenvalue weighted by atomic mass is 32.2. The largest absolute Gasteiger partial charge is 0.314 e. The highest BCUT2D eigenvalue weighted by Crippen LogP contribution is 2.21. The van der Waals surface area contributed by atoms with E-state index in [-0.39, 0.29) is 4.90 Å². The van der Waals surface area contributed by atoms with Gasteiger partial charge >= 0.3 is 0 Å². The van der Waals surface area contributed by atoms with E-state index < -0.39 is 10.0 Å². The molecule has 21 heavy (non-hydrogen) atoms. The minimum absolute atomic E-state index is 0.165. The Bertz CT molecular complexity index is 732. The van der Waals surface area contributed by atoms with Crippen molar-refractivity contribution in [2.75, 3.05) is 11.8 Å². The predicted octanol–water partition coefficient (Wildman–Crippen LogP) is 1.25. The maximum Gasteiger partial charge on any atom is 0.266 e. The van der Waals surface area contributed by atoms with Gasteiger partial charge in [0, 0.05) is 12.2 Å². The van der Waals surface area contributed by atoms with Crippen LogP contribution in [0.15, 0.2) is 17.0 Å². The number of aryl methyl sites for hydroxylation is 3. The Hall–Kier alpha value is -1.93. The van der Waals surface area contributed by atoms with Gasteiger partial charge in [0.1, 0.15) is 10.7 Å². The number of hydrogen-bond donors (Lipinski definition) is 3. The Morgan fingerprint density at radius 3 is 2.57 bits per heavy atom. The summed E-state index contributed by atoms with van der Waals surface area (Å²) >= 11 is 0. The van der Waals surface area contributed by atoms with Gasteiger partial charge in [-0.05, 0) is 45.5 Å². The molecule has 2 aromatic heterocycles. The number of hydrogen-bond acceptors (Lipinski definition) is 5. The lowest BCUT2D eigenvalue weighted by Crippen LogP contribution is -2.18. The zero-order chi connectivity index (χ0) is 15.6. The van der Waals surface area contributed by atoms with Crippen LogP contribution in [-0.4, -0.2) is 30.6 Å². The van der Waals surface area contributed by atoms with Gasteiger partial charge in [0.25, 0.3) is 10.0 Å². The summed E-state index contributed by atoms with van der Waals surface area (Å²) in [5.41, 5.74) is 2.65. The third kappa shape index (κ3) is 3.40. The molecule has 0 aromatic carbocycles. The molecule has 0 bridgehead atoms. The lowest BCUT2D eigenvalue weighted by Gasteiger charge is -2.09. The van der Waals surface area contributed by atoms with E-state index in [9.17, 15) is 8.42 Å². The Balaban J connectivity index is 2.41. The summed E-state index contributed by atoms with van der Waals surface area (Å²) in [4.78, 5) is 4.36. The number of pyridine rings is 1. The van der Waals surface area contributed by atoms with Crippen molar-refractivity contribution < 1.29 is 8.42 Å². The van der Waals surface area contributed by atoms with E-state index in [1.54, 1.807) is 20.0 Å². The molecule has 114 valence electrons. The molecule has 8 heteroatoms. The highest BCUT2D eigenvalue weighted by molar-refractivity contribution is 7.92. The highest BCUT2D eigenvalue weighted by Gasteiger charge is 2.24. The summed E-state index contributed by atoms with van der Waals surface area (Å²) in [5, 5.41) is 9.63. The molecule has 0 saturated carbocycles. The monoisotopic (exact) mass is 309 g/mol. The normalized spacial score (nSPS) is 11.6. The molecule has 0 unspecified atom stereocenters. The number of aromatic amines is 1. The second-order valence-electron chi connectivity index (χ2n) is 4.93. The van der Waals surface area contributed by atoms with Crippen LogP contribution in [0.1, 0.15) is 22.6 Å². The Morgan fingerprint density at radius 1 is 1.24 bits per heavy atom. The van der Waals surface area contributed by atoms with Crippen LogP contribution in [0.2, 0.25) is 0 Å². The average molecular weight is 309 g/mol. The zero-order valence-corrected chi connectivity index (χ0v) is 13.3. The molecular weight excluding hydrogens is 290 g/mol. The lowest BCUT2D eigenvalue weighted by atomic mass is 10.2. The van der Waals surface area contributed by atoms with Crippen LogP contribution >= 0.6 is 0 Å². The average Bonchev–Trinajstić information content (AvgIpc) is 2.69. The predicted molar refractivity (Wildman–Crippen MR) is 80.6 cm³/mol. The maximum absolute atomic E-state index is 12.6. The van der Waals surface area contributed by atoms with E-state index >= 15 is 0 Å². The number of aromatic nitrogens is 3. The van der Waals surface area contributed by atoms with E-state index in [0.29, 0.717) is 23.8 Å². The van der Waals surface area contributed by atoms with E-state index in [1.807, 2.05) is 19.9 Å². The first-order chi connectivity index (χ1) is 9.83. The molecule has 0 aliphatic heterocycles. The summed E-state index contributed by atoms with van der Waals surface area (Å²) in [5.74, 6) is 0.309. The molecule has 2 heterocycles. The molecule has 0 amide bonds. The number of nitrogens with one attached hydrogen (secondary N) is 3. The van der Waals surface area contributed by atoms with Crippen LogP contribution in [0, 0.1) is 20.8 Å². The Kier molecular flexibility index (Phi) is 4.29. The minimum atomic E-state index is -3.73. The van der Waals surface area contributed by atoms with Crippen LogP contribution < -0.4 is 10.0 Å². The quantitative estimate of drug-likeness (QED) is 0.772. The second-order valence-corrected chi connectivity index (χ2v) is 6.55. The molecule has 0 aliphatic carbocycles. The van der Waals surface area contributed by atoms with Gasteiger partial charge in [0.05, 0.1) is 11.4 Å². The van der Waals surface area contributed by atoms with Gasteiger partial charge in [-0.2, -0.15) is 5.10 Å². The molecule has 0 spiro atoms. The first kappa shape index (κ1) is 15.5. The summed E-state index contributed by atoms with van der Waals surface area (Å²) < 4.78 is 27.6. The molecule has 0 radical (unpaired) electrons. The smallest absolute Gasteiger partial charge is 0.266 e. The van der Waals surface area contributed by atoms with Gasteiger partial charge in [-0.25, -0.2) is 13.4 Å². The number of rotatable bonds is 5. The SMILES string of the molecule is CNCc1n[nH]c(C)c1S(=O)(=O)Nc1cc(C)cc(C)n1. The van der Waals surface area contributed by atoms with Gasteiger partial charge in [0.15, 0.2) is 0 Å². The number of sulfonamides is 1. The van der Waals surface area contributed by atoms with Gasteiger partial charge in [0.2, 0.25) is 0 Å². The third-order valence-electron chi connectivity index (χ3n) is 2.91. The van der Waals surface area contributed by atoms with Gasteiger partial charge in [-0.15, -0.1) is 0 Å². The molecule has 0 aliphatic rings. The van der Waals surface area contributed by atoms with Crippen molar-refractivity contribution in [2.45, 2.75) is 32.2 Å². The number of nitrogens with zero attached hydrogens (tertiary/aromatic N) is 2. The van der Waals surface area contributed by atoms with Gasteiger partial charge < -0.3 is 5.32 Å². The first-order valence-electron chi connectivity index (χ1n) is 6.50. The topological polar surface area (TPSA) is 99.8 Å². The van der Waals surface area contributed by atoms with E-state index in [0.717, 1.165) is 11.3 Å². The van der Waals surface area contributed by atoms with Crippen molar-refractivity contribution in [3.05, 3.63) is 34.8 Å². The van der Waals surface area contributed by atoms with Crippen molar-refractivity contribution in [3.8, 4) is 0 Å². The van der Waals surface area contributed by atoms with Crippen molar-refractivity contribution in [2.24, 2.45) is 0 Å². The van der Waals surface area contributed by atoms with E-state index in [1.165, 1.54) is 0 Å². The third-order valence-corrected chi connectivity index (χ3v) is 4.47. The number of anilines is 1. The summed E-state index contributed by atoms with van der Waals surface area (Å²) in [7, 11) is -2.00. The standard InChI is InChI=1S/C13H19N5O2S/c1-8-5-9(2)15-12(6-8)18-21(19,20)13-10(3)16-17-11(13)7-14-4/h5-6,14H,7H2,1-4H3,(H,15,18)(H,16,17). The zero-order valence-electron chi connectivity index (χ0n) is 12.5. The fraction of sp³-hybridized carbons (Fsp3) is 0.385. The second kappa shape index (κ2) is 5.82. The molecule has 3 N–H and O–H groups in total. The molecule has 7 nitrogen and oxygen atoms in total. The van der Waals surface area contributed by atoms with Gasteiger partial charge in [-0.1, -0.05) is 0 Å². The van der Waals surface area contributed by atoms with Crippen molar-refractivity contribution in [1.82, 2.24) is 20.5 Å². The fourth-order valence-electron chi connectivity index (χ4n) is 2.20. The van der Waals surface area contributed by atoms with Crippen molar-refractivity contribution in [3.63, 3.8) is 0 Å². The van der Waals surface area contributed by atoms with Crippen LogP contribution in [-0.2, 0) is 16.6 Å². The summed E-state index contributed by atoms with van der Waals surface area (Å²) in [6.45, 7) is 5.75. The Labute approximate surface area is 124 Å². The summed E-state index contributed by atoms with van der Waals surface area (Å²) in [6, 6.07) is 3.57. The molecule has 0 fully saturated rings. The fourth-order valence-corrected chi connectivity index (χ4v) is 3.55. The summed E-state index contributed by atoms with van der Waals surface area (Å²) in [6.07, 6.45) is 0. The molecule has 0 atom stereocenters. The van der Waals surface area contributed by atoms with E-state index in [2.05, 4.69) is 25.2 Å². The van der Waals surface area contributed by atoms with Crippen molar-refractivity contribution >= 4 is 15.8 Å². The molecule has 0 saturated heterocycles. The molecular formula is C13H19N5O2S. The van der Waals surface area contributed by atoms with E-state index in [4.69, 9.17) is 0 Å². The Morgan fingerprint density at radius 2 is 1.95 bits per heavy atom. The molecule has 2 rings (SSSR count). The lowest BCUT2D eigenvalue weighted by molar-refractivity contribution is 0.598. The minimum Gasteiger partial charge on any atom is -0.314 e. The van der Waals surface area contributed by atoms with Gasteiger partial charge in [-0.3, -0.25) is 9.82 Å².